The van der Waals surface area contributed by atoms with Crippen molar-refractivity contribution < 1.29 is 9.59 Å². The van der Waals surface area contributed by atoms with Gasteiger partial charge in [-0.25, -0.2) is 0 Å². The number of benzene rings is 1. The van der Waals surface area contributed by atoms with Crippen molar-refractivity contribution in [2.24, 2.45) is 17.6 Å². The lowest BCUT2D eigenvalue weighted by atomic mass is 9.83. The molecule has 2 atom stereocenters. The lowest BCUT2D eigenvalue weighted by molar-refractivity contribution is -0.118. The Bertz CT molecular complexity index is 560. The van der Waals surface area contributed by atoms with Crippen molar-refractivity contribution in [1.82, 2.24) is 0 Å². The normalized spacial score (nSPS) is 19.8. The van der Waals surface area contributed by atoms with Crippen molar-refractivity contribution in [3.63, 3.8) is 0 Å². The van der Waals surface area contributed by atoms with Crippen LogP contribution in [0.3, 0.4) is 0 Å². The lowest BCUT2D eigenvalue weighted by Gasteiger charge is -2.27. The van der Waals surface area contributed by atoms with E-state index in [1.54, 1.807) is 12.1 Å². The molecule has 0 radical (unpaired) electrons. The zero-order valence-corrected chi connectivity index (χ0v) is 15.9. The SMILES string of the molecule is CC(C)CC(=O)Nc1ccc(NC(=O)CC2CCCCC2N)cc1.Cl. The highest BCUT2D eigenvalue weighted by molar-refractivity contribution is 5.93. The van der Waals surface area contributed by atoms with Gasteiger partial charge in [0.25, 0.3) is 0 Å². The van der Waals surface area contributed by atoms with Crippen LogP contribution >= 0.6 is 12.4 Å². The number of hydrogen-bond donors (Lipinski definition) is 3. The molecule has 2 unspecified atom stereocenters. The number of anilines is 2. The van der Waals surface area contributed by atoms with Gasteiger partial charge in [-0.2, -0.15) is 0 Å². The quantitative estimate of drug-likeness (QED) is 0.711. The molecule has 140 valence electrons. The van der Waals surface area contributed by atoms with Gasteiger partial charge in [0.05, 0.1) is 0 Å². The van der Waals surface area contributed by atoms with Gasteiger partial charge in [0.15, 0.2) is 0 Å². The Morgan fingerprint density at radius 1 is 1.04 bits per heavy atom. The average molecular weight is 368 g/mol. The Hall–Kier alpha value is -1.59. The minimum absolute atomic E-state index is 0. The van der Waals surface area contributed by atoms with E-state index in [0.717, 1.165) is 30.6 Å². The molecule has 0 spiro atoms. The van der Waals surface area contributed by atoms with Crippen LogP contribution in [0.2, 0.25) is 0 Å². The van der Waals surface area contributed by atoms with Gasteiger partial charge in [0.1, 0.15) is 0 Å². The van der Waals surface area contributed by atoms with Crippen LogP contribution < -0.4 is 16.4 Å². The first-order chi connectivity index (χ1) is 11.4. The maximum Gasteiger partial charge on any atom is 0.224 e. The summed E-state index contributed by atoms with van der Waals surface area (Å²) in [6, 6.07) is 7.37. The van der Waals surface area contributed by atoms with Gasteiger partial charge < -0.3 is 16.4 Å². The Labute approximate surface area is 156 Å². The molecule has 0 saturated heterocycles. The van der Waals surface area contributed by atoms with Crippen LogP contribution in [-0.2, 0) is 9.59 Å². The maximum atomic E-state index is 12.2. The average Bonchev–Trinajstić information content (AvgIpc) is 2.51. The molecule has 1 aromatic rings. The molecule has 2 rings (SSSR count). The van der Waals surface area contributed by atoms with Gasteiger partial charge in [0.2, 0.25) is 11.8 Å². The molecule has 25 heavy (non-hydrogen) atoms. The fourth-order valence-electron chi connectivity index (χ4n) is 3.16. The highest BCUT2D eigenvalue weighted by atomic mass is 35.5. The van der Waals surface area contributed by atoms with Crippen LogP contribution in [0.5, 0.6) is 0 Å². The first kappa shape index (κ1) is 21.5. The Morgan fingerprint density at radius 2 is 1.56 bits per heavy atom. The van der Waals surface area contributed by atoms with Crippen LogP contribution in [0.4, 0.5) is 11.4 Å². The van der Waals surface area contributed by atoms with E-state index in [9.17, 15) is 9.59 Å². The van der Waals surface area contributed by atoms with Crippen molar-refractivity contribution in [1.29, 1.82) is 0 Å². The molecule has 1 aliphatic rings. The highest BCUT2D eigenvalue weighted by Gasteiger charge is 2.24. The zero-order chi connectivity index (χ0) is 17.5. The van der Waals surface area contributed by atoms with E-state index in [4.69, 9.17) is 5.73 Å². The molecule has 1 saturated carbocycles. The first-order valence-electron chi connectivity index (χ1n) is 8.89. The summed E-state index contributed by atoms with van der Waals surface area (Å²) in [5.41, 5.74) is 7.59. The number of halogens is 1. The number of hydrogen-bond acceptors (Lipinski definition) is 3. The summed E-state index contributed by atoms with van der Waals surface area (Å²) in [7, 11) is 0. The number of nitrogens with two attached hydrogens (primary N) is 1. The molecule has 1 aliphatic carbocycles. The third-order valence-electron chi connectivity index (χ3n) is 4.46. The molecular formula is C19H30ClN3O2. The summed E-state index contributed by atoms with van der Waals surface area (Å²) in [6.45, 7) is 4.02. The van der Waals surface area contributed by atoms with E-state index >= 15 is 0 Å². The predicted molar refractivity (Wildman–Crippen MR) is 105 cm³/mol. The molecule has 2 amide bonds. The Balaban J connectivity index is 0.00000312. The van der Waals surface area contributed by atoms with Gasteiger partial charge in [-0.3, -0.25) is 9.59 Å². The van der Waals surface area contributed by atoms with Crippen LogP contribution in [0, 0.1) is 11.8 Å². The third-order valence-corrected chi connectivity index (χ3v) is 4.46. The van der Waals surface area contributed by atoms with Crippen molar-refractivity contribution in [2.75, 3.05) is 10.6 Å². The van der Waals surface area contributed by atoms with Crippen molar-refractivity contribution >= 4 is 35.6 Å². The van der Waals surface area contributed by atoms with E-state index < -0.39 is 0 Å². The maximum absolute atomic E-state index is 12.2. The first-order valence-corrected chi connectivity index (χ1v) is 8.89. The largest absolute Gasteiger partial charge is 0.327 e. The smallest absolute Gasteiger partial charge is 0.224 e. The topological polar surface area (TPSA) is 84.2 Å². The zero-order valence-electron chi connectivity index (χ0n) is 15.1. The molecular weight excluding hydrogens is 338 g/mol. The summed E-state index contributed by atoms with van der Waals surface area (Å²) in [4.78, 5) is 23.9. The standard InChI is InChI=1S/C19H29N3O2.ClH/c1-13(2)11-18(23)21-15-7-9-16(10-8-15)22-19(24)12-14-5-3-4-6-17(14)20;/h7-10,13-14,17H,3-6,11-12,20H2,1-2H3,(H,21,23)(H,22,24);1H. The second-order valence-corrected chi connectivity index (χ2v) is 7.18. The van der Waals surface area contributed by atoms with Crippen molar-refractivity contribution in [3.8, 4) is 0 Å². The fourth-order valence-corrected chi connectivity index (χ4v) is 3.16. The minimum atomic E-state index is 0. The van der Waals surface area contributed by atoms with E-state index in [2.05, 4.69) is 10.6 Å². The number of carbonyl (C=O) groups is 2. The Morgan fingerprint density at radius 3 is 2.08 bits per heavy atom. The van der Waals surface area contributed by atoms with Gasteiger partial charge in [-0.05, 0) is 48.9 Å². The summed E-state index contributed by atoms with van der Waals surface area (Å²) >= 11 is 0. The number of nitrogens with one attached hydrogen (secondary N) is 2. The molecule has 1 fully saturated rings. The molecule has 0 heterocycles. The molecule has 1 aromatic carbocycles. The van der Waals surface area contributed by atoms with Gasteiger partial charge in [-0.15, -0.1) is 12.4 Å². The molecule has 0 aromatic heterocycles. The predicted octanol–water partition coefficient (Wildman–Crippen LogP) is 3.94. The number of carbonyl (C=O) groups excluding carboxylic acids is 2. The molecule has 4 N–H and O–H groups in total. The third kappa shape index (κ3) is 7.45. The minimum Gasteiger partial charge on any atom is -0.327 e. The second kappa shape index (κ2) is 10.4. The van der Waals surface area contributed by atoms with Gasteiger partial charge >= 0.3 is 0 Å². The Kier molecular flexibility index (Phi) is 8.93. The van der Waals surface area contributed by atoms with Crippen LogP contribution in [0.15, 0.2) is 24.3 Å². The lowest BCUT2D eigenvalue weighted by Crippen LogP contribution is -2.35. The van der Waals surface area contributed by atoms with Crippen LogP contribution in [-0.4, -0.2) is 17.9 Å². The van der Waals surface area contributed by atoms with Gasteiger partial charge in [0, 0.05) is 30.3 Å². The summed E-state index contributed by atoms with van der Waals surface area (Å²) in [5.74, 6) is 0.630. The summed E-state index contributed by atoms with van der Waals surface area (Å²) < 4.78 is 0. The fraction of sp³-hybridized carbons (Fsp3) is 0.579. The summed E-state index contributed by atoms with van der Waals surface area (Å²) in [5, 5.41) is 5.77. The molecule has 5 nitrogen and oxygen atoms in total. The van der Waals surface area contributed by atoms with Crippen molar-refractivity contribution in [3.05, 3.63) is 24.3 Å². The molecule has 0 bridgehead atoms. The van der Waals surface area contributed by atoms with E-state index in [-0.39, 0.29) is 36.2 Å². The van der Waals surface area contributed by atoms with E-state index in [0.29, 0.717) is 18.8 Å². The van der Waals surface area contributed by atoms with Crippen LogP contribution in [0.25, 0.3) is 0 Å². The number of rotatable bonds is 6. The highest BCUT2D eigenvalue weighted by Crippen LogP contribution is 2.26. The summed E-state index contributed by atoms with van der Waals surface area (Å²) in [6.07, 6.45) is 5.37. The number of amides is 2. The monoisotopic (exact) mass is 367 g/mol. The van der Waals surface area contributed by atoms with Gasteiger partial charge in [-0.1, -0.05) is 26.7 Å². The van der Waals surface area contributed by atoms with E-state index in [1.165, 1.54) is 6.42 Å². The van der Waals surface area contributed by atoms with Crippen LogP contribution in [0.1, 0.15) is 52.4 Å². The van der Waals surface area contributed by atoms with E-state index in [1.807, 2.05) is 26.0 Å². The molecule has 0 aliphatic heterocycles. The van der Waals surface area contributed by atoms with Crippen molar-refractivity contribution in [2.45, 2.75) is 58.4 Å². The second-order valence-electron chi connectivity index (χ2n) is 7.18. The molecule has 6 heteroatoms.